The van der Waals surface area contributed by atoms with Crippen molar-refractivity contribution in [1.29, 1.82) is 0 Å². The van der Waals surface area contributed by atoms with Crippen LogP contribution in [0.25, 0.3) is 0 Å². The van der Waals surface area contributed by atoms with Gasteiger partial charge in [0.2, 0.25) is 0 Å². The van der Waals surface area contributed by atoms with Gasteiger partial charge in [0.1, 0.15) is 3.67 Å². The Bertz CT molecular complexity index is 127. The number of unbranched alkanes of at least 4 members (excludes halogenated alkanes) is 2. The monoisotopic (exact) mass is 298 g/mol. The molecule has 0 saturated heterocycles. The van der Waals surface area contributed by atoms with Crippen molar-refractivity contribution in [2.24, 2.45) is 0 Å². The first-order valence-corrected chi connectivity index (χ1v) is 6.06. The Kier molecular flexibility index (Phi) is 6.50. The zero-order chi connectivity index (χ0) is 10.5. The van der Waals surface area contributed by atoms with Gasteiger partial charge < -0.3 is 0 Å². The normalized spacial score (nSPS) is 12.9. The standard InChI is InChI=1S/C10H23IN2/c1-6-7-8-9-10(11,12(2)3)13(4)5/h6-9H2,1-5H3. The van der Waals surface area contributed by atoms with Crippen molar-refractivity contribution in [3.8, 4) is 0 Å². The summed E-state index contributed by atoms with van der Waals surface area (Å²) in [7, 11) is 8.60. The fourth-order valence-corrected chi connectivity index (χ4v) is 1.83. The quantitative estimate of drug-likeness (QED) is 0.245. The van der Waals surface area contributed by atoms with Crippen LogP contribution in [0.4, 0.5) is 0 Å². The molecule has 0 amide bonds. The van der Waals surface area contributed by atoms with Crippen molar-refractivity contribution < 1.29 is 0 Å². The average molecular weight is 298 g/mol. The molecule has 0 heterocycles. The summed E-state index contributed by atoms with van der Waals surface area (Å²) < 4.78 is 0.187. The minimum absolute atomic E-state index is 0.187. The van der Waals surface area contributed by atoms with Gasteiger partial charge in [-0.2, -0.15) is 0 Å². The first-order valence-electron chi connectivity index (χ1n) is 4.99. The third kappa shape index (κ3) is 4.13. The molecule has 0 N–H and O–H groups in total. The predicted octanol–water partition coefficient (Wildman–Crippen LogP) is 2.78. The first kappa shape index (κ1) is 13.7. The average Bonchev–Trinajstić information content (AvgIpc) is 2.03. The third-order valence-corrected chi connectivity index (χ3v) is 4.94. The van der Waals surface area contributed by atoms with Gasteiger partial charge in [-0.15, -0.1) is 0 Å². The smallest absolute Gasteiger partial charge is 0.126 e. The largest absolute Gasteiger partial charge is 0.283 e. The van der Waals surface area contributed by atoms with Gasteiger partial charge in [-0.25, -0.2) is 0 Å². The highest BCUT2D eigenvalue weighted by Gasteiger charge is 2.30. The zero-order valence-electron chi connectivity index (χ0n) is 9.60. The summed E-state index contributed by atoms with van der Waals surface area (Å²) in [5, 5.41) is 0. The molecule has 3 heteroatoms. The van der Waals surface area contributed by atoms with Gasteiger partial charge in [-0.1, -0.05) is 19.8 Å². The Balaban J connectivity index is 4.09. The molecular weight excluding hydrogens is 275 g/mol. The van der Waals surface area contributed by atoms with Gasteiger partial charge >= 0.3 is 0 Å². The molecule has 0 aliphatic heterocycles. The van der Waals surface area contributed by atoms with E-state index in [0.717, 1.165) is 0 Å². The Morgan fingerprint density at radius 2 is 1.46 bits per heavy atom. The van der Waals surface area contributed by atoms with E-state index in [-0.39, 0.29) is 3.67 Å². The molecule has 0 spiro atoms. The second kappa shape index (κ2) is 6.19. The summed E-state index contributed by atoms with van der Waals surface area (Å²) in [6.45, 7) is 2.25. The van der Waals surface area contributed by atoms with Crippen LogP contribution >= 0.6 is 22.6 Å². The van der Waals surface area contributed by atoms with Crippen molar-refractivity contribution in [3.05, 3.63) is 0 Å². The van der Waals surface area contributed by atoms with E-state index < -0.39 is 0 Å². The molecule has 0 saturated carbocycles. The Labute approximate surface area is 96.8 Å². The molecule has 0 atom stereocenters. The van der Waals surface area contributed by atoms with Gasteiger partial charge in [0.15, 0.2) is 0 Å². The molecule has 0 aromatic carbocycles. The van der Waals surface area contributed by atoms with Gasteiger partial charge in [-0.05, 0) is 63.6 Å². The number of halogens is 1. The van der Waals surface area contributed by atoms with Crippen LogP contribution in [0, 0.1) is 0 Å². The maximum Gasteiger partial charge on any atom is 0.126 e. The van der Waals surface area contributed by atoms with E-state index in [1.54, 1.807) is 0 Å². The second-order valence-electron chi connectivity index (χ2n) is 3.96. The van der Waals surface area contributed by atoms with Crippen molar-refractivity contribution in [3.63, 3.8) is 0 Å². The van der Waals surface area contributed by atoms with E-state index in [1.807, 2.05) is 0 Å². The van der Waals surface area contributed by atoms with Crippen LogP contribution in [-0.4, -0.2) is 41.7 Å². The van der Waals surface area contributed by atoms with E-state index >= 15 is 0 Å². The number of rotatable bonds is 6. The minimum atomic E-state index is 0.187. The number of hydrogen-bond acceptors (Lipinski definition) is 2. The fraction of sp³-hybridized carbons (Fsp3) is 1.00. The summed E-state index contributed by atoms with van der Waals surface area (Å²) in [4.78, 5) is 4.59. The summed E-state index contributed by atoms with van der Waals surface area (Å²) in [6.07, 6.45) is 5.19. The summed E-state index contributed by atoms with van der Waals surface area (Å²) in [5.41, 5.74) is 0. The van der Waals surface area contributed by atoms with Crippen molar-refractivity contribution in [1.82, 2.24) is 9.80 Å². The Morgan fingerprint density at radius 3 is 1.77 bits per heavy atom. The lowest BCUT2D eigenvalue weighted by molar-refractivity contribution is 0.0998. The highest BCUT2D eigenvalue weighted by atomic mass is 127. The van der Waals surface area contributed by atoms with E-state index in [2.05, 4.69) is 67.5 Å². The van der Waals surface area contributed by atoms with Crippen molar-refractivity contribution >= 4 is 22.6 Å². The summed E-state index contributed by atoms with van der Waals surface area (Å²) in [6, 6.07) is 0. The van der Waals surface area contributed by atoms with Crippen molar-refractivity contribution in [2.45, 2.75) is 36.3 Å². The van der Waals surface area contributed by atoms with Crippen LogP contribution in [-0.2, 0) is 0 Å². The molecule has 0 unspecified atom stereocenters. The van der Waals surface area contributed by atoms with Crippen LogP contribution < -0.4 is 0 Å². The molecule has 0 bridgehead atoms. The minimum Gasteiger partial charge on any atom is -0.283 e. The van der Waals surface area contributed by atoms with E-state index in [1.165, 1.54) is 25.7 Å². The first-order chi connectivity index (χ1) is 5.95. The lowest BCUT2D eigenvalue weighted by Crippen LogP contribution is -2.49. The molecular formula is C10H23IN2. The lowest BCUT2D eigenvalue weighted by atomic mass is 10.1. The fourth-order valence-electron chi connectivity index (χ4n) is 1.45. The molecule has 80 valence electrons. The molecule has 0 aromatic heterocycles. The topological polar surface area (TPSA) is 6.48 Å². The molecule has 0 aliphatic carbocycles. The molecule has 0 aliphatic rings. The highest BCUT2D eigenvalue weighted by Crippen LogP contribution is 2.30. The van der Waals surface area contributed by atoms with Gasteiger partial charge in [0.05, 0.1) is 0 Å². The molecule has 2 nitrogen and oxygen atoms in total. The van der Waals surface area contributed by atoms with Crippen molar-refractivity contribution in [2.75, 3.05) is 28.2 Å². The third-order valence-electron chi connectivity index (χ3n) is 2.47. The van der Waals surface area contributed by atoms with Crippen LogP contribution in [0.2, 0.25) is 0 Å². The predicted molar refractivity (Wildman–Crippen MR) is 68.3 cm³/mol. The number of nitrogens with zero attached hydrogens (tertiary/aromatic N) is 2. The van der Waals surface area contributed by atoms with Gasteiger partial charge in [-0.3, -0.25) is 9.80 Å². The van der Waals surface area contributed by atoms with Crippen LogP contribution in [0.5, 0.6) is 0 Å². The van der Waals surface area contributed by atoms with Gasteiger partial charge in [0, 0.05) is 0 Å². The molecule has 0 radical (unpaired) electrons. The van der Waals surface area contributed by atoms with Crippen LogP contribution in [0.1, 0.15) is 32.6 Å². The Hall–Kier alpha value is 0.650. The second-order valence-corrected chi connectivity index (χ2v) is 5.69. The highest BCUT2D eigenvalue weighted by molar-refractivity contribution is 14.1. The molecule has 0 aromatic rings. The SMILES string of the molecule is CCCCCC(I)(N(C)C)N(C)C. The number of hydrogen-bond donors (Lipinski definition) is 0. The van der Waals surface area contributed by atoms with Crippen LogP contribution in [0.15, 0.2) is 0 Å². The van der Waals surface area contributed by atoms with Crippen LogP contribution in [0.3, 0.4) is 0 Å². The summed E-state index contributed by atoms with van der Waals surface area (Å²) >= 11 is 2.55. The lowest BCUT2D eigenvalue weighted by Gasteiger charge is -2.40. The zero-order valence-corrected chi connectivity index (χ0v) is 11.8. The summed E-state index contributed by atoms with van der Waals surface area (Å²) in [5.74, 6) is 0. The maximum absolute atomic E-state index is 2.55. The molecule has 13 heavy (non-hydrogen) atoms. The number of alkyl halides is 1. The maximum atomic E-state index is 2.55. The van der Waals surface area contributed by atoms with Gasteiger partial charge in [0.25, 0.3) is 0 Å². The van der Waals surface area contributed by atoms with E-state index in [9.17, 15) is 0 Å². The molecule has 0 rings (SSSR count). The Morgan fingerprint density at radius 1 is 1.00 bits per heavy atom. The van der Waals surface area contributed by atoms with E-state index in [4.69, 9.17) is 0 Å². The molecule has 0 fully saturated rings. The van der Waals surface area contributed by atoms with E-state index in [0.29, 0.717) is 0 Å².